The molecule has 6 heteroatoms. The van der Waals surface area contributed by atoms with Gasteiger partial charge in [-0.3, -0.25) is 24.1 Å². The van der Waals surface area contributed by atoms with E-state index in [0.29, 0.717) is 5.70 Å². The van der Waals surface area contributed by atoms with Crippen molar-refractivity contribution in [2.75, 3.05) is 0 Å². The zero-order valence-corrected chi connectivity index (χ0v) is 15.8. The zero-order valence-electron chi connectivity index (χ0n) is 15.8. The number of carbonyl (C=O) groups is 4. The first-order valence-corrected chi connectivity index (χ1v) is 10.0. The molecule has 0 spiro atoms. The minimum Gasteiger partial charge on any atom is -0.269 e. The van der Waals surface area contributed by atoms with E-state index in [4.69, 9.17) is 0 Å². The van der Waals surface area contributed by atoms with Crippen LogP contribution in [0.25, 0.3) is 5.70 Å². The van der Waals surface area contributed by atoms with Crippen molar-refractivity contribution < 1.29 is 19.2 Å². The summed E-state index contributed by atoms with van der Waals surface area (Å²) in [5.74, 6) is -1.38. The molecule has 29 heavy (non-hydrogen) atoms. The SMILES string of the molecule is O=C1C=CC(=O)N1C1=C(C2CCCCC2)C(N2C(=O)C=CC2=O)c2ccccc21. The standard InChI is InChI=1S/C23H20N2O4/c26-17-10-11-18(27)24(17)22-15-8-4-5-9-16(15)23(25-19(28)12-13-20(25)29)21(22)14-6-2-1-3-7-14/h4-5,8-14,22H,1-3,6-7H2. The topological polar surface area (TPSA) is 74.8 Å². The molecular formula is C23H20N2O4. The summed E-state index contributed by atoms with van der Waals surface area (Å²) in [6.45, 7) is 0. The lowest BCUT2D eigenvalue weighted by Gasteiger charge is -2.33. The number of benzene rings is 1. The summed E-state index contributed by atoms with van der Waals surface area (Å²) in [4.78, 5) is 52.9. The highest BCUT2D eigenvalue weighted by molar-refractivity contribution is 6.19. The van der Waals surface area contributed by atoms with Gasteiger partial charge in [0.2, 0.25) is 0 Å². The smallest absolute Gasteiger partial charge is 0.258 e. The molecule has 0 radical (unpaired) electrons. The predicted molar refractivity (Wildman–Crippen MR) is 105 cm³/mol. The van der Waals surface area contributed by atoms with Gasteiger partial charge in [0.25, 0.3) is 23.6 Å². The van der Waals surface area contributed by atoms with E-state index in [1.54, 1.807) is 0 Å². The van der Waals surface area contributed by atoms with Crippen molar-refractivity contribution in [3.05, 3.63) is 65.3 Å². The Kier molecular flexibility index (Phi) is 4.08. The van der Waals surface area contributed by atoms with Crippen LogP contribution in [0.15, 0.2) is 54.1 Å². The Morgan fingerprint density at radius 1 is 0.724 bits per heavy atom. The molecule has 1 unspecified atom stereocenters. The first-order chi connectivity index (χ1) is 14.1. The number of amides is 4. The van der Waals surface area contributed by atoms with Gasteiger partial charge >= 0.3 is 0 Å². The molecule has 2 aliphatic heterocycles. The molecule has 2 heterocycles. The Balaban J connectivity index is 1.74. The molecule has 4 amide bonds. The third-order valence-corrected chi connectivity index (χ3v) is 6.26. The lowest BCUT2D eigenvalue weighted by Crippen LogP contribution is -2.37. The van der Waals surface area contributed by atoms with E-state index in [9.17, 15) is 19.2 Å². The third kappa shape index (κ3) is 2.63. The molecule has 0 N–H and O–H groups in total. The van der Waals surface area contributed by atoms with E-state index in [2.05, 4.69) is 0 Å². The molecule has 1 aromatic rings. The number of carbonyl (C=O) groups excluding carboxylic acids is 4. The van der Waals surface area contributed by atoms with Gasteiger partial charge in [-0.15, -0.1) is 0 Å². The van der Waals surface area contributed by atoms with Gasteiger partial charge in [-0.05, 0) is 29.9 Å². The summed E-state index contributed by atoms with van der Waals surface area (Å²) in [5, 5.41) is 0. The molecule has 0 bridgehead atoms. The van der Waals surface area contributed by atoms with Crippen LogP contribution in [0.5, 0.6) is 0 Å². The number of rotatable bonds is 3. The number of fused-ring (bicyclic) bond motifs is 1. The first kappa shape index (κ1) is 17.8. The Morgan fingerprint density at radius 3 is 1.97 bits per heavy atom. The molecule has 0 aromatic heterocycles. The fourth-order valence-electron chi connectivity index (χ4n) is 5.05. The van der Waals surface area contributed by atoms with Gasteiger partial charge in [0.1, 0.15) is 0 Å². The lowest BCUT2D eigenvalue weighted by atomic mass is 9.80. The highest BCUT2D eigenvalue weighted by atomic mass is 16.2. The third-order valence-electron chi connectivity index (χ3n) is 6.26. The normalized spacial score (nSPS) is 24.5. The van der Waals surface area contributed by atoms with Crippen molar-refractivity contribution in [2.24, 2.45) is 5.92 Å². The van der Waals surface area contributed by atoms with E-state index in [1.165, 1.54) is 34.1 Å². The maximum atomic E-state index is 12.6. The van der Waals surface area contributed by atoms with Gasteiger partial charge in [0, 0.05) is 29.9 Å². The second-order valence-corrected chi connectivity index (χ2v) is 7.85. The quantitative estimate of drug-likeness (QED) is 0.747. The average molecular weight is 388 g/mol. The number of nitrogens with zero attached hydrogens (tertiary/aromatic N) is 2. The summed E-state index contributed by atoms with van der Waals surface area (Å²) in [6.07, 6.45) is 10.2. The summed E-state index contributed by atoms with van der Waals surface area (Å²) in [5.41, 5.74) is 2.95. The Labute approximate surface area is 168 Å². The molecule has 146 valence electrons. The Bertz CT molecular complexity index is 1010. The van der Waals surface area contributed by atoms with Crippen molar-refractivity contribution in [3.8, 4) is 0 Å². The average Bonchev–Trinajstić information content (AvgIpc) is 3.35. The second-order valence-electron chi connectivity index (χ2n) is 7.85. The molecule has 4 aliphatic rings. The van der Waals surface area contributed by atoms with Gasteiger partial charge in [0.15, 0.2) is 0 Å². The van der Waals surface area contributed by atoms with Crippen LogP contribution in [-0.4, -0.2) is 33.4 Å². The van der Waals surface area contributed by atoms with Gasteiger partial charge in [-0.2, -0.15) is 0 Å². The van der Waals surface area contributed by atoms with Crippen molar-refractivity contribution in [1.29, 1.82) is 0 Å². The molecule has 1 aromatic carbocycles. The number of imide groups is 2. The summed E-state index contributed by atoms with van der Waals surface area (Å²) < 4.78 is 0. The van der Waals surface area contributed by atoms with Gasteiger partial charge in [-0.1, -0.05) is 43.5 Å². The maximum Gasteiger partial charge on any atom is 0.258 e. The summed E-state index contributed by atoms with van der Waals surface area (Å²) in [6, 6.07) is 6.88. The zero-order chi connectivity index (χ0) is 20.1. The molecule has 1 saturated carbocycles. The van der Waals surface area contributed by atoms with E-state index >= 15 is 0 Å². The molecular weight excluding hydrogens is 368 g/mol. The molecule has 1 atom stereocenters. The maximum absolute atomic E-state index is 12.6. The van der Waals surface area contributed by atoms with Crippen LogP contribution in [0.2, 0.25) is 0 Å². The van der Waals surface area contributed by atoms with E-state index in [0.717, 1.165) is 48.8 Å². The van der Waals surface area contributed by atoms with E-state index < -0.39 is 6.04 Å². The highest BCUT2D eigenvalue weighted by Crippen LogP contribution is 2.52. The van der Waals surface area contributed by atoms with Gasteiger partial charge < -0.3 is 0 Å². The van der Waals surface area contributed by atoms with Crippen molar-refractivity contribution in [3.63, 3.8) is 0 Å². The Morgan fingerprint density at radius 2 is 1.31 bits per heavy atom. The summed E-state index contributed by atoms with van der Waals surface area (Å²) in [7, 11) is 0. The van der Waals surface area contributed by atoms with Crippen LogP contribution in [0.4, 0.5) is 0 Å². The van der Waals surface area contributed by atoms with Crippen LogP contribution >= 0.6 is 0 Å². The Hall–Kier alpha value is -3.28. The van der Waals surface area contributed by atoms with Gasteiger partial charge in [-0.25, -0.2) is 4.90 Å². The highest BCUT2D eigenvalue weighted by Gasteiger charge is 2.47. The van der Waals surface area contributed by atoms with E-state index in [1.807, 2.05) is 24.3 Å². The van der Waals surface area contributed by atoms with Gasteiger partial charge in [0.05, 0.1) is 11.7 Å². The molecule has 0 saturated heterocycles. The molecule has 6 nitrogen and oxygen atoms in total. The fraction of sp³-hybridized carbons (Fsp3) is 0.304. The minimum absolute atomic E-state index is 0.110. The van der Waals surface area contributed by atoms with Crippen molar-refractivity contribution in [2.45, 2.75) is 38.1 Å². The van der Waals surface area contributed by atoms with Crippen molar-refractivity contribution in [1.82, 2.24) is 9.80 Å². The second kappa shape index (κ2) is 6.65. The molecule has 2 aliphatic carbocycles. The molecule has 1 fully saturated rings. The first-order valence-electron chi connectivity index (χ1n) is 10.0. The van der Waals surface area contributed by atoms with Crippen LogP contribution in [-0.2, 0) is 19.2 Å². The van der Waals surface area contributed by atoms with E-state index in [-0.39, 0.29) is 29.5 Å². The van der Waals surface area contributed by atoms with Crippen molar-refractivity contribution >= 4 is 29.3 Å². The molecule has 5 rings (SSSR count). The summed E-state index contributed by atoms with van der Waals surface area (Å²) >= 11 is 0. The number of hydrogen-bond donors (Lipinski definition) is 0. The minimum atomic E-state index is -0.583. The predicted octanol–water partition coefficient (Wildman–Crippen LogP) is 2.88. The van der Waals surface area contributed by atoms with Crippen LogP contribution in [0.3, 0.4) is 0 Å². The largest absolute Gasteiger partial charge is 0.269 e. The number of hydrogen-bond acceptors (Lipinski definition) is 4. The van der Waals surface area contributed by atoms with Crippen LogP contribution in [0, 0.1) is 5.92 Å². The fourth-order valence-corrected chi connectivity index (χ4v) is 5.05. The van der Waals surface area contributed by atoms with Crippen LogP contribution < -0.4 is 0 Å². The van der Waals surface area contributed by atoms with Crippen LogP contribution in [0.1, 0.15) is 49.3 Å². The monoisotopic (exact) mass is 388 g/mol. The lowest BCUT2D eigenvalue weighted by molar-refractivity contribution is -0.139.